The van der Waals surface area contributed by atoms with Gasteiger partial charge in [0.2, 0.25) is 0 Å². The Morgan fingerprint density at radius 1 is 0.920 bits per heavy atom. The molecule has 0 aliphatic carbocycles. The SMILES string of the molecule is CO[C@]1(C)C[C@H](O[C@H]2[C@H](C)[C@@H](O[C@H]3O[C@H](C)C[C@H](N(C)C)[C@H]3O)[C@]3(C)C[C@@H](C)C(=N[C@H](C)[C@@H](O)[C@](C)(O)[C@@H](C)OC(=O)[C@@H]2C)O3)O[C@@H](C)[C@@H]1O. The number of aliphatic hydroxyl groups is 4. The van der Waals surface area contributed by atoms with Crippen LogP contribution in [-0.2, 0) is 38.0 Å². The van der Waals surface area contributed by atoms with Crippen LogP contribution in [0, 0.1) is 17.8 Å². The Labute approximate surface area is 297 Å². The zero-order chi connectivity index (χ0) is 37.7. The highest BCUT2D eigenvalue weighted by Gasteiger charge is 2.56. The number of aliphatic hydroxyl groups excluding tert-OH is 3. The van der Waals surface area contributed by atoms with E-state index in [1.54, 1.807) is 27.7 Å². The van der Waals surface area contributed by atoms with E-state index in [9.17, 15) is 25.2 Å². The average Bonchev–Trinajstić information content (AvgIpc) is 3.33. The van der Waals surface area contributed by atoms with E-state index in [0.717, 1.165) is 0 Å². The Bertz CT molecular complexity index is 1200. The van der Waals surface area contributed by atoms with Crippen molar-refractivity contribution in [2.75, 3.05) is 21.2 Å². The van der Waals surface area contributed by atoms with Crippen molar-refractivity contribution < 1.29 is 58.4 Å². The number of nitrogens with zero attached hydrogens (tertiary/aromatic N) is 2. The van der Waals surface area contributed by atoms with Gasteiger partial charge in [-0.05, 0) is 75.9 Å². The van der Waals surface area contributed by atoms with Crippen molar-refractivity contribution in [1.29, 1.82) is 0 Å². The third-order valence-corrected chi connectivity index (χ3v) is 11.8. The quantitative estimate of drug-likeness (QED) is 0.294. The summed E-state index contributed by atoms with van der Waals surface area (Å²) in [6.07, 6.45) is -7.81. The van der Waals surface area contributed by atoms with Gasteiger partial charge in [-0.3, -0.25) is 4.79 Å². The molecule has 3 fully saturated rings. The van der Waals surface area contributed by atoms with E-state index in [1.165, 1.54) is 21.0 Å². The molecule has 4 N–H and O–H groups in total. The summed E-state index contributed by atoms with van der Waals surface area (Å²) in [5.41, 5.74) is -3.91. The number of cyclic esters (lactones) is 1. The molecular formula is C36H64N2O12. The molecule has 0 spiro atoms. The molecule has 14 nitrogen and oxygen atoms in total. The van der Waals surface area contributed by atoms with Gasteiger partial charge in [-0.25, -0.2) is 4.99 Å². The van der Waals surface area contributed by atoms with E-state index in [1.807, 2.05) is 46.7 Å². The fourth-order valence-corrected chi connectivity index (χ4v) is 8.20. The fourth-order valence-electron chi connectivity index (χ4n) is 8.20. The Morgan fingerprint density at radius 3 is 2.16 bits per heavy atom. The molecular weight excluding hydrogens is 652 g/mol. The largest absolute Gasteiger partial charge is 0.472 e. The topological polar surface area (TPSA) is 178 Å². The Kier molecular flexibility index (Phi) is 12.8. The van der Waals surface area contributed by atoms with Crippen molar-refractivity contribution in [3.63, 3.8) is 0 Å². The smallest absolute Gasteiger partial charge is 0.311 e. The second kappa shape index (κ2) is 15.5. The second-order valence-corrected chi connectivity index (χ2v) is 16.3. The summed E-state index contributed by atoms with van der Waals surface area (Å²) in [6, 6.07) is -1.04. The summed E-state index contributed by atoms with van der Waals surface area (Å²) in [4.78, 5) is 20.7. The molecule has 4 rings (SSSR count). The number of carbonyl (C=O) groups is 1. The van der Waals surface area contributed by atoms with E-state index in [4.69, 9.17) is 38.2 Å². The maximum absolute atomic E-state index is 14.0. The van der Waals surface area contributed by atoms with Crippen LogP contribution in [0.2, 0.25) is 0 Å². The van der Waals surface area contributed by atoms with Crippen molar-refractivity contribution in [2.45, 2.75) is 179 Å². The normalized spacial score (nSPS) is 51.0. The van der Waals surface area contributed by atoms with Crippen molar-refractivity contribution >= 4 is 11.9 Å². The maximum atomic E-state index is 14.0. The van der Waals surface area contributed by atoms with Crippen molar-refractivity contribution in [2.24, 2.45) is 22.7 Å². The Morgan fingerprint density at radius 2 is 1.56 bits per heavy atom. The number of carbonyl (C=O) groups excluding carboxylic acids is 1. The number of hydrogen-bond acceptors (Lipinski definition) is 14. The molecule has 4 aliphatic rings. The number of ether oxygens (including phenoxy) is 7. The highest BCUT2D eigenvalue weighted by atomic mass is 16.7. The number of esters is 1. The van der Waals surface area contributed by atoms with Crippen LogP contribution in [0.5, 0.6) is 0 Å². The van der Waals surface area contributed by atoms with E-state index in [2.05, 4.69) is 0 Å². The molecule has 0 radical (unpaired) electrons. The first-order valence-corrected chi connectivity index (χ1v) is 18.1. The van der Waals surface area contributed by atoms with Gasteiger partial charge in [0.05, 0.1) is 35.9 Å². The highest BCUT2D eigenvalue weighted by molar-refractivity contribution is 5.81. The van der Waals surface area contributed by atoms with Crippen LogP contribution in [0.25, 0.3) is 0 Å². The molecule has 3 saturated heterocycles. The third-order valence-electron chi connectivity index (χ3n) is 11.8. The number of aliphatic imine (C=N–C) groups is 1. The van der Waals surface area contributed by atoms with Gasteiger partial charge in [-0.2, -0.15) is 0 Å². The molecule has 0 aromatic rings. The minimum absolute atomic E-state index is 0.162. The molecule has 2 bridgehead atoms. The lowest BCUT2D eigenvalue weighted by Crippen LogP contribution is -2.60. The summed E-state index contributed by atoms with van der Waals surface area (Å²) in [6.45, 7) is 17.5. The van der Waals surface area contributed by atoms with E-state index >= 15 is 0 Å². The summed E-state index contributed by atoms with van der Waals surface area (Å²) >= 11 is 0. The van der Waals surface area contributed by atoms with Crippen molar-refractivity contribution in [1.82, 2.24) is 4.90 Å². The summed E-state index contributed by atoms with van der Waals surface area (Å²) < 4.78 is 44.2. The molecule has 0 aromatic heterocycles. The molecule has 0 amide bonds. The van der Waals surface area contributed by atoms with Gasteiger partial charge in [-0.15, -0.1) is 0 Å². The minimum Gasteiger partial charge on any atom is -0.472 e. The second-order valence-electron chi connectivity index (χ2n) is 16.3. The lowest BCUT2D eigenvalue weighted by molar-refractivity contribution is -0.315. The molecule has 0 saturated carbocycles. The number of rotatable bonds is 6. The molecule has 0 aromatic carbocycles. The van der Waals surface area contributed by atoms with Crippen LogP contribution < -0.4 is 0 Å². The number of hydrogen-bond donors (Lipinski definition) is 4. The van der Waals surface area contributed by atoms with Crippen LogP contribution in [-0.4, -0.2) is 149 Å². The molecule has 14 heteroatoms. The number of likely N-dealkylation sites (N-methyl/N-ethyl adjacent to an activating group) is 1. The standard InChI is InChI=1S/C36H64N2O12/c1-17-15-35(9)30(49-33-26(39)24(38(11)12)14-18(2)45-33)19(3)27(48-25-16-34(8,44-13)29(41)22(6)46-25)20(4)32(42)47-23(7)36(10,43)28(40)21(5)37-31(17)50-35/h17-30,33,39-41,43H,14-16H2,1-13H3/t17-,18-,19+,20-,21-,22+,23-,24+,25+,26-,27+,28-,29+,30-,33-,34-,35+,36-/m1/s1. The molecule has 290 valence electrons. The molecule has 0 unspecified atom stereocenters. The van der Waals surface area contributed by atoms with Crippen molar-refractivity contribution in [3.8, 4) is 0 Å². The number of fused-ring (bicyclic) bond motifs is 2. The van der Waals surface area contributed by atoms with Crippen LogP contribution in [0.3, 0.4) is 0 Å². The lowest BCUT2D eigenvalue weighted by atomic mass is 9.79. The first-order chi connectivity index (χ1) is 23.1. The zero-order valence-electron chi connectivity index (χ0n) is 32.2. The van der Waals surface area contributed by atoms with E-state index in [0.29, 0.717) is 18.7 Å². The highest BCUT2D eigenvalue weighted by Crippen LogP contribution is 2.44. The average molecular weight is 717 g/mol. The first-order valence-electron chi connectivity index (χ1n) is 18.1. The first kappa shape index (κ1) is 41.3. The van der Waals surface area contributed by atoms with Gasteiger partial charge in [0, 0.05) is 37.8 Å². The van der Waals surface area contributed by atoms with E-state index < -0.39 is 96.0 Å². The van der Waals surface area contributed by atoms with Crippen LogP contribution >= 0.6 is 0 Å². The molecule has 18 atom stereocenters. The van der Waals surface area contributed by atoms with Gasteiger partial charge in [-0.1, -0.05) is 13.8 Å². The minimum atomic E-state index is -1.85. The van der Waals surface area contributed by atoms with Crippen LogP contribution in [0.1, 0.15) is 88.5 Å². The van der Waals surface area contributed by atoms with Gasteiger partial charge < -0.3 is 58.5 Å². The maximum Gasteiger partial charge on any atom is 0.311 e. The Balaban J connectivity index is 1.83. The fraction of sp³-hybridized carbons (Fsp3) is 0.944. The summed E-state index contributed by atoms with van der Waals surface area (Å²) in [7, 11) is 5.32. The molecule has 4 aliphatic heterocycles. The predicted octanol–water partition coefficient (Wildman–Crippen LogP) is 2.02. The Hall–Kier alpha value is -1.46. The van der Waals surface area contributed by atoms with Gasteiger partial charge >= 0.3 is 5.97 Å². The van der Waals surface area contributed by atoms with Crippen LogP contribution in [0.4, 0.5) is 0 Å². The summed E-state index contributed by atoms with van der Waals surface area (Å²) in [5.74, 6) is -2.06. The zero-order valence-corrected chi connectivity index (χ0v) is 32.2. The van der Waals surface area contributed by atoms with Gasteiger partial charge in [0.25, 0.3) is 0 Å². The number of methoxy groups -OCH3 is 1. The molecule has 50 heavy (non-hydrogen) atoms. The predicted molar refractivity (Wildman–Crippen MR) is 183 cm³/mol. The third kappa shape index (κ3) is 8.19. The van der Waals surface area contributed by atoms with Gasteiger partial charge in [0.15, 0.2) is 18.5 Å². The monoisotopic (exact) mass is 716 g/mol. The van der Waals surface area contributed by atoms with E-state index in [-0.39, 0.29) is 24.5 Å². The lowest BCUT2D eigenvalue weighted by Gasteiger charge is -2.48. The van der Waals surface area contributed by atoms with Gasteiger partial charge in [0.1, 0.15) is 41.7 Å². The van der Waals surface area contributed by atoms with Crippen molar-refractivity contribution in [3.05, 3.63) is 0 Å². The van der Waals surface area contributed by atoms with Crippen LogP contribution in [0.15, 0.2) is 4.99 Å². The molecule has 4 heterocycles. The summed E-state index contributed by atoms with van der Waals surface area (Å²) in [5, 5.41) is 45.2.